The Hall–Kier alpha value is -1.23. The number of fused-ring (bicyclic) bond motifs is 1. The van der Waals surface area contributed by atoms with Gasteiger partial charge in [-0.15, -0.1) is 0 Å². The van der Waals surface area contributed by atoms with Crippen LogP contribution < -0.4 is 0 Å². The molecule has 2 aromatic rings. The lowest BCUT2D eigenvalue weighted by atomic mass is 10.1. The normalized spacial score (nSPS) is 13.4. The van der Waals surface area contributed by atoms with E-state index in [0.717, 1.165) is 15.7 Å². The standard InChI is InChI=1S/C14H9FIN/c15-11-4-2-1-3-10(11)13-8-6-9-5-7-12(16)14(9)17-13/h1-4,6-8H,5H2. The molecule has 17 heavy (non-hydrogen) atoms. The van der Waals surface area contributed by atoms with Gasteiger partial charge < -0.3 is 0 Å². The van der Waals surface area contributed by atoms with Crippen molar-refractivity contribution in [2.75, 3.05) is 0 Å². The van der Waals surface area contributed by atoms with Crippen LogP contribution >= 0.6 is 22.6 Å². The van der Waals surface area contributed by atoms with E-state index >= 15 is 0 Å². The predicted molar refractivity (Wildman–Crippen MR) is 75.3 cm³/mol. The second kappa shape index (κ2) is 4.22. The van der Waals surface area contributed by atoms with E-state index in [9.17, 15) is 4.39 Å². The molecule has 1 nitrogen and oxygen atoms in total. The molecule has 0 unspecified atom stereocenters. The van der Waals surface area contributed by atoms with Crippen molar-refractivity contribution >= 4 is 26.2 Å². The molecule has 84 valence electrons. The molecular weight excluding hydrogens is 328 g/mol. The van der Waals surface area contributed by atoms with Gasteiger partial charge in [0, 0.05) is 9.14 Å². The van der Waals surface area contributed by atoms with Crippen molar-refractivity contribution in [3.05, 3.63) is 59.5 Å². The van der Waals surface area contributed by atoms with Crippen LogP contribution in [0, 0.1) is 5.82 Å². The van der Waals surface area contributed by atoms with Crippen LogP contribution in [0.1, 0.15) is 11.3 Å². The maximum Gasteiger partial charge on any atom is 0.132 e. The Kier molecular flexibility index (Phi) is 2.70. The quantitative estimate of drug-likeness (QED) is 0.710. The van der Waals surface area contributed by atoms with E-state index in [-0.39, 0.29) is 5.82 Å². The van der Waals surface area contributed by atoms with E-state index < -0.39 is 0 Å². The van der Waals surface area contributed by atoms with Crippen molar-refractivity contribution in [3.8, 4) is 11.3 Å². The maximum atomic E-state index is 13.7. The first-order chi connectivity index (χ1) is 8.25. The molecule has 0 radical (unpaired) electrons. The van der Waals surface area contributed by atoms with Gasteiger partial charge in [-0.05, 0) is 52.8 Å². The first-order valence-electron chi connectivity index (χ1n) is 5.36. The lowest BCUT2D eigenvalue weighted by molar-refractivity contribution is 0.630. The molecule has 0 amide bonds. The summed E-state index contributed by atoms with van der Waals surface area (Å²) in [5.41, 5.74) is 3.47. The number of aromatic nitrogens is 1. The largest absolute Gasteiger partial charge is 0.247 e. The fourth-order valence-electron chi connectivity index (χ4n) is 1.97. The highest BCUT2D eigenvalue weighted by atomic mass is 127. The summed E-state index contributed by atoms with van der Waals surface area (Å²) in [6.45, 7) is 0. The molecule has 1 aromatic carbocycles. The summed E-state index contributed by atoms with van der Waals surface area (Å²) in [4.78, 5) is 4.55. The van der Waals surface area contributed by atoms with Crippen molar-refractivity contribution in [2.45, 2.75) is 6.42 Å². The highest BCUT2D eigenvalue weighted by Crippen LogP contribution is 2.32. The lowest BCUT2D eigenvalue weighted by Crippen LogP contribution is -1.93. The van der Waals surface area contributed by atoms with Gasteiger partial charge in [-0.25, -0.2) is 9.37 Å². The van der Waals surface area contributed by atoms with Crippen molar-refractivity contribution in [1.29, 1.82) is 0 Å². The minimum absolute atomic E-state index is 0.225. The first-order valence-corrected chi connectivity index (χ1v) is 6.44. The average molecular weight is 337 g/mol. The fraction of sp³-hybridized carbons (Fsp3) is 0.0714. The zero-order valence-corrected chi connectivity index (χ0v) is 11.1. The smallest absolute Gasteiger partial charge is 0.132 e. The second-order valence-corrected chi connectivity index (χ2v) is 5.10. The minimum Gasteiger partial charge on any atom is -0.247 e. The fourth-order valence-corrected chi connectivity index (χ4v) is 2.66. The lowest BCUT2D eigenvalue weighted by Gasteiger charge is -2.05. The number of hydrogen-bond acceptors (Lipinski definition) is 1. The van der Waals surface area contributed by atoms with Gasteiger partial charge in [-0.1, -0.05) is 24.3 Å². The Bertz CT molecular complexity index is 619. The summed E-state index contributed by atoms with van der Waals surface area (Å²) >= 11 is 2.27. The number of rotatable bonds is 1. The summed E-state index contributed by atoms with van der Waals surface area (Å²) in [6.07, 6.45) is 3.07. The Labute approximate surface area is 113 Å². The van der Waals surface area contributed by atoms with E-state index in [1.54, 1.807) is 12.1 Å². The average Bonchev–Trinajstić information content (AvgIpc) is 2.71. The summed E-state index contributed by atoms with van der Waals surface area (Å²) in [5.74, 6) is -0.225. The number of allylic oxidation sites excluding steroid dienone is 1. The van der Waals surface area contributed by atoms with E-state index in [2.05, 4.69) is 33.7 Å². The Morgan fingerprint density at radius 1 is 1.12 bits per heavy atom. The van der Waals surface area contributed by atoms with Gasteiger partial charge in [0.05, 0.1) is 11.4 Å². The van der Waals surface area contributed by atoms with Crippen molar-refractivity contribution in [2.24, 2.45) is 0 Å². The molecule has 0 atom stereocenters. The molecule has 0 aliphatic heterocycles. The SMILES string of the molecule is Fc1ccccc1-c1ccc2c(n1)C(I)=CC2. The van der Waals surface area contributed by atoms with Gasteiger partial charge in [-0.2, -0.15) is 0 Å². The monoisotopic (exact) mass is 337 g/mol. The third-order valence-corrected chi connectivity index (χ3v) is 3.81. The summed E-state index contributed by atoms with van der Waals surface area (Å²) in [7, 11) is 0. The van der Waals surface area contributed by atoms with Crippen molar-refractivity contribution in [1.82, 2.24) is 4.98 Å². The summed E-state index contributed by atoms with van der Waals surface area (Å²) in [6, 6.07) is 10.7. The van der Waals surface area contributed by atoms with Gasteiger partial charge in [0.25, 0.3) is 0 Å². The van der Waals surface area contributed by atoms with Crippen LogP contribution in [0.3, 0.4) is 0 Å². The summed E-state index contributed by atoms with van der Waals surface area (Å²) in [5, 5.41) is 0. The number of nitrogens with zero attached hydrogens (tertiary/aromatic N) is 1. The molecule has 0 fully saturated rings. The van der Waals surface area contributed by atoms with Gasteiger partial charge in [0.1, 0.15) is 5.82 Å². The van der Waals surface area contributed by atoms with Gasteiger partial charge in [0.2, 0.25) is 0 Å². The molecule has 3 rings (SSSR count). The van der Waals surface area contributed by atoms with E-state index in [1.807, 2.05) is 18.2 Å². The van der Waals surface area contributed by atoms with Crippen molar-refractivity contribution in [3.63, 3.8) is 0 Å². The van der Waals surface area contributed by atoms with Gasteiger partial charge >= 0.3 is 0 Å². The van der Waals surface area contributed by atoms with Crippen LogP contribution in [-0.2, 0) is 6.42 Å². The van der Waals surface area contributed by atoms with Gasteiger partial charge in [-0.3, -0.25) is 0 Å². The number of halogens is 2. The highest BCUT2D eigenvalue weighted by Gasteiger charge is 2.15. The second-order valence-electron chi connectivity index (χ2n) is 3.94. The molecule has 1 heterocycles. The molecule has 0 saturated heterocycles. The van der Waals surface area contributed by atoms with E-state index in [4.69, 9.17) is 0 Å². The van der Waals surface area contributed by atoms with Crippen LogP contribution in [-0.4, -0.2) is 4.98 Å². The molecule has 0 bridgehead atoms. The molecule has 1 aliphatic carbocycles. The van der Waals surface area contributed by atoms with Crippen LogP contribution in [0.15, 0.2) is 42.5 Å². The maximum absolute atomic E-state index is 13.7. The Morgan fingerprint density at radius 2 is 1.94 bits per heavy atom. The molecule has 0 saturated carbocycles. The minimum atomic E-state index is -0.225. The van der Waals surface area contributed by atoms with Crippen LogP contribution in [0.25, 0.3) is 14.8 Å². The third kappa shape index (κ3) is 1.88. The number of hydrogen-bond donors (Lipinski definition) is 0. The van der Waals surface area contributed by atoms with Crippen LogP contribution in [0.4, 0.5) is 4.39 Å². The number of pyridine rings is 1. The van der Waals surface area contributed by atoms with E-state index in [1.165, 1.54) is 11.6 Å². The third-order valence-electron chi connectivity index (χ3n) is 2.86. The predicted octanol–water partition coefficient (Wildman–Crippen LogP) is 4.22. The molecule has 3 heteroatoms. The van der Waals surface area contributed by atoms with Crippen molar-refractivity contribution < 1.29 is 4.39 Å². The topological polar surface area (TPSA) is 12.9 Å². The first kappa shape index (κ1) is 10.9. The zero-order valence-electron chi connectivity index (χ0n) is 8.95. The molecule has 0 N–H and O–H groups in total. The Balaban J connectivity index is 2.15. The summed E-state index contributed by atoms with van der Waals surface area (Å²) < 4.78 is 14.8. The Morgan fingerprint density at radius 3 is 2.76 bits per heavy atom. The molecule has 1 aromatic heterocycles. The molecule has 0 spiro atoms. The van der Waals surface area contributed by atoms with Crippen LogP contribution in [0.2, 0.25) is 0 Å². The molecular formula is C14H9FIN. The molecule has 1 aliphatic rings. The zero-order chi connectivity index (χ0) is 11.8. The van der Waals surface area contributed by atoms with Gasteiger partial charge in [0.15, 0.2) is 0 Å². The highest BCUT2D eigenvalue weighted by molar-refractivity contribution is 14.1. The number of benzene rings is 1. The van der Waals surface area contributed by atoms with E-state index in [0.29, 0.717) is 11.3 Å². The van der Waals surface area contributed by atoms with Crippen LogP contribution in [0.5, 0.6) is 0 Å².